The lowest BCUT2D eigenvalue weighted by Gasteiger charge is -2.36. The van der Waals surface area contributed by atoms with Crippen LogP contribution in [0.1, 0.15) is 114 Å². The molecule has 4 saturated heterocycles. The van der Waals surface area contributed by atoms with E-state index in [4.69, 9.17) is 39.4 Å². The molecule has 0 bridgehead atoms. The van der Waals surface area contributed by atoms with E-state index in [-0.39, 0.29) is 60.6 Å². The fourth-order valence-electron chi connectivity index (χ4n) is 11.9. The summed E-state index contributed by atoms with van der Waals surface area (Å²) in [5.41, 5.74) is 17.0. The average molecular weight is 1050 g/mol. The first-order chi connectivity index (χ1) is 35.7. The van der Waals surface area contributed by atoms with Gasteiger partial charge in [-0.15, -0.1) is 0 Å². The molecule has 2 unspecified atom stereocenters. The minimum Gasteiger partial charge on any atom is -0.372 e. The number of piperidine rings is 3. The molecule has 4 amide bonds. The van der Waals surface area contributed by atoms with Gasteiger partial charge in [-0.3, -0.25) is 29.0 Å². The normalized spacial score (nSPS) is 19.4. The van der Waals surface area contributed by atoms with Crippen molar-refractivity contribution < 1.29 is 32.7 Å². The molecule has 392 valence electrons. The third-order valence-electron chi connectivity index (χ3n) is 15.3. The SMILES string of the molecule is CC1CN(C(=O)c2c(CN3CCC(c4c(F)cccc4Cl)CC3)c3ccccc3n2CC(N)=O)CC(C)O1.NC(=O)Cn1c(C(=O)N2CCCCC2)c(CN2CCC(c3c(F)cccc3Cl)CC2)c2ccccc21. The van der Waals surface area contributed by atoms with Crippen molar-refractivity contribution in [2.75, 3.05) is 52.4 Å². The van der Waals surface area contributed by atoms with Gasteiger partial charge in [-0.2, -0.15) is 0 Å². The number of benzene rings is 4. The number of hydrogen-bond donors (Lipinski definition) is 2. The monoisotopic (exact) mass is 1050 g/mol. The van der Waals surface area contributed by atoms with E-state index in [1.54, 1.807) is 33.4 Å². The Bertz CT molecular complexity index is 2980. The number of nitrogens with zero attached hydrogens (tertiary/aromatic N) is 6. The topological polar surface area (TPSA) is 152 Å². The number of hydrogen-bond acceptors (Lipinski definition) is 7. The zero-order valence-electron chi connectivity index (χ0n) is 42.2. The molecule has 17 heteroatoms. The number of carbonyl (C=O) groups is 4. The lowest BCUT2D eigenvalue weighted by molar-refractivity contribution is -0.119. The van der Waals surface area contributed by atoms with Crippen LogP contribution in [0.3, 0.4) is 0 Å². The molecule has 4 aromatic carbocycles. The van der Waals surface area contributed by atoms with Crippen molar-refractivity contribution in [1.29, 1.82) is 0 Å². The van der Waals surface area contributed by atoms with E-state index in [9.17, 15) is 28.0 Å². The van der Waals surface area contributed by atoms with E-state index in [2.05, 4.69) is 9.80 Å². The van der Waals surface area contributed by atoms with Gasteiger partial charge >= 0.3 is 0 Å². The zero-order valence-corrected chi connectivity index (χ0v) is 43.7. The van der Waals surface area contributed by atoms with Gasteiger partial charge in [-0.05, 0) is 133 Å². The number of halogens is 4. The number of morpholine rings is 1. The third kappa shape index (κ3) is 11.5. The summed E-state index contributed by atoms with van der Waals surface area (Å²) in [6.07, 6.45) is 6.05. The molecular weight excluding hydrogens is 986 g/mol. The smallest absolute Gasteiger partial charge is 0.271 e. The summed E-state index contributed by atoms with van der Waals surface area (Å²) in [4.78, 5) is 60.3. The van der Waals surface area contributed by atoms with E-state index in [0.29, 0.717) is 58.7 Å². The van der Waals surface area contributed by atoms with Crippen LogP contribution in [0.2, 0.25) is 10.0 Å². The molecule has 4 fully saturated rings. The van der Waals surface area contributed by atoms with Gasteiger partial charge in [0.2, 0.25) is 11.8 Å². The third-order valence-corrected chi connectivity index (χ3v) is 15.9. The second kappa shape index (κ2) is 23.4. The number of ether oxygens (including phenoxy) is 1. The number of aromatic nitrogens is 2. The van der Waals surface area contributed by atoms with E-state index >= 15 is 0 Å². The Morgan fingerprint density at radius 2 is 0.959 bits per heavy atom. The molecule has 4 aliphatic heterocycles. The Balaban J connectivity index is 0.000000182. The fourth-order valence-corrected chi connectivity index (χ4v) is 12.6. The van der Waals surface area contributed by atoms with Gasteiger partial charge in [-0.1, -0.05) is 71.7 Å². The van der Waals surface area contributed by atoms with Crippen LogP contribution in [-0.2, 0) is 40.5 Å². The second-order valence-electron chi connectivity index (χ2n) is 20.5. The van der Waals surface area contributed by atoms with E-state index < -0.39 is 11.8 Å². The van der Waals surface area contributed by atoms with Crippen molar-refractivity contribution >= 4 is 68.6 Å². The molecule has 6 heterocycles. The Kier molecular flexibility index (Phi) is 16.7. The van der Waals surface area contributed by atoms with Crippen molar-refractivity contribution in [3.63, 3.8) is 0 Å². The van der Waals surface area contributed by atoms with Gasteiger partial charge in [-0.25, -0.2) is 8.78 Å². The minimum absolute atomic E-state index is 0.0322. The van der Waals surface area contributed by atoms with Crippen molar-refractivity contribution in [3.8, 4) is 0 Å². The van der Waals surface area contributed by atoms with Crippen LogP contribution in [0.15, 0.2) is 84.9 Å². The first-order valence-corrected chi connectivity index (χ1v) is 26.8. The minimum atomic E-state index is -0.502. The van der Waals surface area contributed by atoms with Gasteiger partial charge in [0, 0.05) is 93.4 Å². The molecule has 4 aliphatic rings. The lowest BCUT2D eigenvalue weighted by Crippen LogP contribution is -2.49. The molecule has 0 saturated carbocycles. The number of para-hydroxylation sites is 2. The Hall–Kier alpha value is -5.84. The molecule has 4 N–H and O–H groups in total. The quantitative estimate of drug-likeness (QED) is 0.124. The summed E-state index contributed by atoms with van der Waals surface area (Å²) in [5, 5.41) is 2.86. The second-order valence-corrected chi connectivity index (χ2v) is 21.3. The summed E-state index contributed by atoms with van der Waals surface area (Å²) in [6, 6.07) is 25.3. The van der Waals surface area contributed by atoms with Crippen LogP contribution >= 0.6 is 23.2 Å². The highest BCUT2D eigenvalue weighted by Crippen LogP contribution is 2.39. The van der Waals surface area contributed by atoms with Gasteiger partial charge in [0.15, 0.2) is 0 Å². The predicted molar refractivity (Wildman–Crippen MR) is 285 cm³/mol. The van der Waals surface area contributed by atoms with Crippen molar-refractivity contribution in [2.45, 2.75) is 109 Å². The number of likely N-dealkylation sites (tertiary alicyclic amines) is 3. The van der Waals surface area contributed by atoms with Crippen molar-refractivity contribution in [3.05, 3.63) is 140 Å². The summed E-state index contributed by atoms with van der Waals surface area (Å²) in [6.45, 7) is 10.4. The molecule has 74 heavy (non-hydrogen) atoms. The average Bonchev–Trinajstić information content (AvgIpc) is 3.84. The summed E-state index contributed by atoms with van der Waals surface area (Å²) in [7, 11) is 0. The van der Waals surface area contributed by atoms with Gasteiger partial charge in [0.1, 0.15) is 36.1 Å². The van der Waals surface area contributed by atoms with Crippen LogP contribution in [-0.4, -0.2) is 117 Å². The van der Waals surface area contributed by atoms with Crippen molar-refractivity contribution in [1.82, 2.24) is 28.7 Å². The van der Waals surface area contributed by atoms with Gasteiger partial charge in [0.05, 0.1) is 12.2 Å². The van der Waals surface area contributed by atoms with E-state index in [0.717, 1.165) is 117 Å². The maximum absolute atomic E-state index is 14.5. The summed E-state index contributed by atoms with van der Waals surface area (Å²) in [5.74, 6) is -1.51. The molecule has 0 aliphatic carbocycles. The predicted octanol–water partition coefficient (Wildman–Crippen LogP) is 9.47. The number of nitrogens with two attached hydrogens (primary N) is 2. The zero-order chi connectivity index (χ0) is 52.2. The summed E-state index contributed by atoms with van der Waals surface area (Å²) < 4.78 is 38.5. The maximum atomic E-state index is 14.5. The van der Waals surface area contributed by atoms with E-state index in [1.165, 1.54) is 12.1 Å². The summed E-state index contributed by atoms with van der Waals surface area (Å²) >= 11 is 12.7. The number of carbonyl (C=O) groups excluding carboxylic acids is 4. The first-order valence-electron chi connectivity index (χ1n) is 26.0. The number of primary amides is 2. The maximum Gasteiger partial charge on any atom is 0.271 e. The lowest BCUT2D eigenvalue weighted by atomic mass is 9.88. The van der Waals surface area contributed by atoms with Crippen LogP contribution in [0.25, 0.3) is 21.8 Å². The first kappa shape index (κ1) is 53.0. The largest absolute Gasteiger partial charge is 0.372 e. The highest BCUT2D eigenvalue weighted by atomic mass is 35.5. The van der Waals surface area contributed by atoms with Crippen molar-refractivity contribution in [2.24, 2.45) is 11.5 Å². The van der Waals surface area contributed by atoms with Gasteiger partial charge in [0.25, 0.3) is 11.8 Å². The highest BCUT2D eigenvalue weighted by Gasteiger charge is 2.35. The molecule has 6 aromatic rings. The number of rotatable bonds is 12. The van der Waals surface area contributed by atoms with Crippen LogP contribution < -0.4 is 11.5 Å². The molecule has 10 rings (SSSR count). The Morgan fingerprint density at radius 3 is 1.36 bits per heavy atom. The standard InChI is InChI=1S/C29H34ClFN4O3.C28H32ClFN4O2/c1-18-14-34(15-19(2)38-18)29(37)28-22(21-6-3-4-9-25(21)35(28)17-26(32)36)16-33-12-10-20(11-13-33)27-23(30)7-5-8-24(27)31;29-22-8-6-9-23(30)26(22)19-11-15-32(16-12-19)17-21-20-7-2-3-10-24(20)34(18-25(31)35)27(21)28(36)33-13-4-1-5-14-33/h3-9,18-20H,10-17H2,1-2H3,(H2,32,36);2-3,6-10,19H,1,4-5,11-18H2,(H2,31,35). The molecule has 0 spiro atoms. The van der Waals surface area contributed by atoms with E-state index in [1.807, 2.05) is 72.2 Å². The molecule has 2 aromatic heterocycles. The Labute approximate surface area is 441 Å². The van der Waals surface area contributed by atoms with Crippen LogP contribution in [0, 0.1) is 11.6 Å². The van der Waals surface area contributed by atoms with Crippen LogP contribution in [0.4, 0.5) is 8.78 Å². The highest BCUT2D eigenvalue weighted by molar-refractivity contribution is 6.31. The number of fused-ring (bicyclic) bond motifs is 2. The number of amides is 4. The molecule has 2 atom stereocenters. The molecular formula is C57H66Cl2F2N8O5. The molecule has 13 nitrogen and oxygen atoms in total. The van der Waals surface area contributed by atoms with Crippen LogP contribution in [0.5, 0.6) is 0 Å². The fraction of sp³-hybridized carbons (Fsp3) is 0.439. The van der Waals surface area contributed by atoms with Gasteiger partial charge < -0.3 is 35.1 Å². The Morgan fingerprint density at radius 1 is 0.554 bits per heavy atom. The molecule has 0 radical (unpaired) electrons.